The monoisotopic (exact) mass is 366 g/mol. The second-order valence-corrected chi connectivity index (χ2v) is 6.71. The van der Waals surface area contributed by atoms with Gasteiger partial charge in [-0.1, -0.05) is 18.2 Å². The number of thioether (sulfide) groups is 1. The summed E-state index contributed by atoms with van der Waals surface area (Å²) >= 11 is 1.40. The number of benzene rings is 2. The van der Waals surface area contributed by atoms with Gasteiger partial charge >= 0.3 is 0 Å². The van der Waals surface area contributed by atoms with Gasteiger partial charge in [-0.05, 0) is 55.0 Å². The molecule has 1 aromatic heterocycles. The van der Waals surface area contributed by atoms with E-state index in [1.54, 1.807) is 18.2 Å². The van der Waals surface area contributed by atoms with Crippen LogP contribution < -0.4 is 10.6 Å². The number of anilines is 2. The fourth-order valence-electron chi connectivity index (χ4n) is 2.33. The molecule has 2 amide bonds. The van der Waals surface area contributed by atoms with Crippen LogP contribution in [0.25, 0.3) is 0 Å². The number of nitrogens with one attached hydrogen (secondary N) is 2. The summed E-state index contributed by atoms with van der Waals surface area (Å²) in [5.41, 5.74) is 2.53. The quantitative estimate of drug-likeness (QED) is 0.627. The number of aryl methyl sites for hydroxylation is 1. The molecule has 5 nitrogen and oxygen atoms in total. The first-order valence-corrected chi connectivity index (χ1v) is 9.03. The highest BCUT2D eigenvalue weighted by atomic mass is 32.2. The van der Waals surface area contributed by atoms with Gasteiger partial charge in [-0.25, -0.2) is 0 Å². The average Bonchev–Trinajstić information content (AvgIpc) is 3.15. The summed E-state index contributed by atoms with van der Waals surface area (Å²) in [4.78, 5) is 25.0. The van der Waals surface area contributed by atoms with E-state index in [2.05, 4.69) is 10.6 Å². The van der Waals surface area contributed by atoms with Crippen molar-refractivity contribution in [3.8, 4) is 0 Å². The van der Waals surface area contributed by atoms with Gasteiger partial charge < -0.3 is 15.1 Å². The van der Waals surface area contributed by atoms with Crippen LogP contribution in [-0.4, -0.2) is 17.6 Å². The van der Waals surface area contributed by atoms with Crippen molar-refractivity contribution in [1.82, 2.24) is 0 Å². The Bertz CT molecular complexity index is 907. The third kappa shape index (κ3) is 5.00. The van der Waals surface area contributed by atoms with Crippen LogP contribution >= 0.6 is 11.8 Å². The number of carbonyl (C=O) groups excluding carboxylic acids is 2. The molecule has 0 bridgehead atoms. The number of amides is 2. The van der Waals surface area contributed by atoms with Crippen molar-refractivity contribution in [2.45, 2.75) is 11.8 Å². The molecule has 6 heteroatoms. The van der Waals surface area contributed by atoms with Gasteiger partial charge in [0, 0.05) is 16.3 Å². The summed E-state index contributed by atoms with van der Waals surface area (Å²) in [5, 5.41) is 5.65. The molecule has 0 radical (unpaired) electrons. The predicted molar refractivity (Wildman–Crippen MR) is 104 cm³/mol. The number of carbonyl (C=O) groups is 2. The highest BCUT2D eigenvalue weighted by molar-refractivity contribution is 8.00. The van der Waals surface area contributed by atoms with E-state index in [0.29, 0.717) is 5.69 Å². The molecule has 1 heterocycles. The molecule has 3 aromatic rings. The largest absolute Gasteiger partial charge is 0.459 e. The topological polar surface area (TPSA) is 71.3 Å². The molecule has 0 atom stereocenters. The molecular formula is C20H18N2O3S. The Kier molecular flexibility index (Phi) is 5.76. The molecule has 0 unspecified atom stereocenters. The number of hydrogen-bond acceptors (Lipinski definition) is 4. The molecule has 2 N–H and O–H groups in total. The van der Waals surface area contributed by atoms with Crippen LogP contribution in [0.1, 0.15) is 16.1 Å². The zero-order valence-corrected chi connectivity index (χ0v) is 15.0. The van der Waals surface area contributed by atoms with E-state index >= 15 is 0 Å². The van der Waals surface area contributed by atoms with E-state index in [1.807, 2.05) is 49.4 Å². The average molecular weight is 366 g/mol. The summed E-state index contributed by atoms with van der Waals surface area (Å²) in [5.74, 6) is 0.143. The Balaban J connectivity index is 1.55. The lowest BCUT2D eigenvalue weighted by molar-refractivity contribution is -0.113. The van der Waals surface area contributed by atoms with Crippen molar-refractivity contribution in [2.24, 2.45) is 0 Å². The maximum Gasteiger partial charge on any atom is 0.291 e. The lowest BCUT2D eigenvalue weighted by Gasteiger charge is -2.08. The SMILES string of the molecule is Cc1cccc(NC(=O)CSc2cccc(NC(=O)c3ccco3)c2)c1. The third-order valence-electron chi connectivity index (χ3n) is 3.51. The minimum absolute atomic E-state index is 0.0781. The van der Waals surface area contributed by atoms with Crippen LogP contribution in [0.3, 0.4) is 0 Å². The molecule has 3 rings (SSSR count). The standard InChI is InChI=1S/C20H18N2O3S/c1-14-5-2-6-15(11-14)21-19(23)13-26-17-8-3-7-16(12-17)22-20(24)18-9-4-10-25-18/h2-12H,13H2,1H3,(H,21,23)(H,22,24). The molecule has 0 aliphatic heterocycles. The summed E-state index contributed by atoms with van der Waals surface area (Å²) in [7, 11) is 0. The van der Waals surface area contributed by atoms with Crippen molar-refractivity contribution in [1.29, 1.82) is 0 Å². The van der Waals surface area contributed by atoms with E-state index in [1.165, 1.54) is 18.0 Å². The van der Waals surface area contributed by atoms with Crippen molar-refractivity contribution < 1.29 is 14.0 Å². The lowest BCUT2D eigenvalue weighted by Crippen LogP contribution is -2.14. The Morgan fingerprint density at radius 2 is 1.73 bits per heavy atom. The van der Waals surface area contributed by atoms with Crippen LogP contribution in [0.4, 0.5) is 11.4 Å². The van der Waals surface area contributed by atoms with Gasteiger partial charge in [-0.3, -0.25) is 9.59 Å². The van der Waals surface area contributed by atoms with Crippen molar-refractivity contribution >= 4 is 35.0 Å². The Hall–Kier alpha value is -2.99. The second-order valence-electron chi connectivity index (χ2n) is 5.67. The summed E-state index contributed by atoms with van der Waals surface area (Å²) in [6.45, 7) is 1.98. The van der Waals surface area contributed by atoms with Gasteiger partial charge in [-0.2, -0.15) is 0 Å². The Morgan fingerprint density at radius 1 is 0.962 bits per heavy atom. The minimum atomic E-state index is -0.311. The van der Waals surface area contributed by atoms with E-state index in [4.69, 9.17) is 4.42 Å². The van der Waals surface area contributed by atoms with Gasteiger partial charge in [0.05, 0.1) is 12.0 Å². The summed E-state index contributed by atoms with van der Waals surface area (Å²) in [6, 6.07) is 18.3. The molecule has 0 saturated carbocycles. The zero-order valence-electron chi connectivity index (χ0n) is 14.2. The van der Waals surface area contributed by atoms with E-state index in [9.17, 15) is 9.59 Å². The maximum absolute atomic E-state index is 12.1. The van der Waals surface area contributed by atoms with Crippen molar-refractivity contribution in [3.05, 3.63) is 78.3 Å². The summed E-state index contributed by atoms with van der Waals surface area (Å²) in [6.07, 6.45) is 1.45. The number of furan rings is 1. The van der Waals surface area contributed by atoms with Crippen LogP contribution in [-0.2, 0) is 4.79 Å². The molecule has 0 fully saturated rings. The zero-order chi connectivity index (χ0) is 18.4. The molecule has 0 spiro atoms. The molecular weight excluding hydrogens is 348 g/mol. The summed E-state index contributed by atoms with van der Waals surface area (Å²) < 4.78 is 5.07. The van der Waals surface area contributed by atoms with E-state index < -0.39 is 0 Å². The van der Waals surface area contributed by atoms with Gasteiger partial charge in [0.25, 0.3) is 5.91 Å². The molecule has 26 heavy (non-hydrogen) atoms. The fraction of sp³-hybridized carbons (Fsp3) is 0.100. The van der Waals surface area contributed by atoms with Gasteiger partial charge in [0.15, 0.2) is 5.76 Å². The highest BCUT2D eigenvalue weighted by Gasteiger charge is 2.09. The molecule has 0 saturated heterocycles. The first kappa shape index (κ1) is 17.8. The van der Waals surface area contributed by atoms with Crippen LogP contribution in [0, 0.1) is 6.92 Å². The van der Waals surface area contributed by atoms with Crippen molar-refractivity contribution in [2.75, 3.05) is 16.4 Å². The smallest absolute Gasteiger partial charge is 0.291 e. The Labute approximate surface area is 155 Å². The molecule has 132 valence electrons. The van der Waals surface area contributed by atoms with Gasteiger partial charge in [0.2, 0.25) is 5.91 Å². The van der Waals surface area contributed by atoms with Crippen LogP contribution in [0.15, 0.2) is 76.2 Å². The van der Waals surface area contributed by atoms with Gasteiger partial charge in [0.1, 0.15) is 0 Å². The van der Waals surface area contributed by atoms with Crippen molar-refractivity contribution in [3.63, 3.8) is 0 Å². The van der Waals surface area contributed by atoms with Gasteiger partial charge in [-0.15, -0.1) is 11.8 Å². The number of rotatable bonds is 6. The highest BCUT2D eigenvalue weighted by Crippen LogP contribution is 2.22. The fourth-order valence-corrected chi connectivity index (χ4v) is 3.09. The molecule has 2 aromatic carbocycles. The van der Waals surface area contributed by atoms with E-state index in [-0.39, 0.29) is 23.3 Å². The van der Waals surface area contributed by atoms with Crippen LogP contribution in [0.5, 0.6) is 0 Å². The second kappa shape index (κ2) is 8.40. The lowest BCUT2D eigenvalue weighted by atomic mass is 10.2. The minimum Gasteiger partial charge on any atom is -0.459 e. The molecule has 0 aliphatic carbocycles. The predicted octanol–water partition coefficient (Wildman–Crippen LogP) is 4.57. The normalized spacial score (nSPS) is 10.3. The molecule has 0 aliphatic rings. The number of hydrogen-bond donors (Lipinski definition) is 2. The van der Waals surface area contributed by atoms with Crippen LogP contribution in [0.2, 0.25) is 0 Å². The first-order chi connectivity index (χ1) is 12.6. The maximum atomic E-state index is 12.1. The Morgan fingerprint density at radius 3 is 2.46 bits per heavy atom. The van der Waals surface area contributed by atoms with E-state index in [0.717, 1.165) is 16.1 Å². The first-order valence-electron chi connectivity index (χ1n) is 8.04. The third-order valence-corrected chi connectivity index (χ3v) is 4.50.